The molecule has 2 aromatic carbocycles. The molecule has 0 bridgehead atoms. The molecule has 1 aromatic heterocycles. The normalized spacial score (nSPS) is 18.0. The van der Waals surface area contributed by atoms with Crippen molar-refractivity contribution in [3.05, 3.63) is 74.6 Å². The lowest BCUT2D eigenvalue weighted by Gasteiger charge is -2.29. The predicted octanol–water partition coefficient (Wildman–Crippen LogP) is 2.58. The molecule has 10 heteroatoms. The van der Waals surface area contributed by atoms with Gasteiger partial charge in [-0.3, -0.25) is 19.3 Å². The Morgan fingerprint density at radius 3 is 2.56 bits per heavy atom. The second kappa shape index (κ2) is 10.3. The number of fused-ring (bicyclic) bond motifs is 2. The number of morpholine rings is 1. The van der Waals surface area contributed by atoms with E-state index in [1.54, 1.807) is 47.4 Å². The molecule has 3 aromatic rings. The number of nitrogens with zero attached hydrogens (tertiary/aromatic N) is 2. The maximum absolute atomic E-state index is 13.6. The van der Waals surface area contributed by atoms with Crippen LogP contribution in [0, 0.1) is 0 Å². The van der Waals surface area contributed by atoms with Crippen LogP contribution in [0.3, 0.4) is 0 Å². The zero-order valence-corrected chi connectivity index (χ0v) is 20.3. The lowest BCUT2D eigenvalue weighted by molar-refractivity contribution is -0.119. The van der Waals surface area contributed by atoms with Gasteiger partial charge in [-0.25, -0.2) is 0 Å². The molecule has 2 amide bonds. The molecular formula is C26H26ClN3O6. The molecule has 2 N–H and O–H groups in total. The number of amides is 2. The fourth-order valence-electron chi connectivity index (χ4n) is 4.76. The molecule has 1 saturated heterocycles. The van der Waals surface area contributed by atoms with Crippen LogP contribution >= 0.6 is 11.6 Å². The van der Waals surface area contributed by atoms with Crippen LogP contribution < -0.4 is 15.9 Å². The van der Waals surface area contributed by atoms with Crippen LogP contribution in [-0.4, -0.2) is 67.6 Å². The van der Waals surface area contributed by atoms with Gasteiger partial charge in [0, 0.05) is 31.2 Å². The van der Waals surface area contributed by atoms with E-state index in [-0.39, 0.29) is 23.7 Å². The number of carbonyl (C=O) groups is 2. The third-order valence-electron chi connectivity index (χ3n) is 6.48. The van der Waals surface area contributed by atoms with E-state index in [1.165, 1.54) is 0 Å². The van der Waals surface area contributed by atoms with Gasteiger partial charge in [0.25, 0.3) is 11.8 Å². The van der Waals surface area contributed by atoms with Gasteiger partial charge in [-0.2, -0.15) is 0 Å². The van der Waals surface area contributed by atoms with E-state index in [2.05, 4.69) is 4.90 Å². The Kier molecular flexibility index (Phi) is 6.95. The van der Waals surface area contributed by atoms with Crippen molar-refractivity contribution < 1.29 is 23.5 Å². The summed E-state index contributed by atoms with van der Waals surface area (Å²) in [7, 11) is 0. The minimum Gasteiger partial charge on any atom is -0.484 e. The van der Waals surface area contributed by atoms with Crippen LogP contribution in [-0.2, 0) is 9.53 Å². The van der Waals surface area contributed by atoms with Crippen LogP contribution in [0.5, 0.6) is 5.75 Å². The van der Waals surface area contributed by atoms with Gasteiger partial charge in [0.15, 0.2) is 12.0 Å². The van der Waals surface area contributed by atoms with Gasteiger partial charge in [0.05, 0.1) is 30.2 Å². The highest BCUT2D eigenvalue weighted by molar-refractivity contribution is 6.31. The molecule has 188 valence electrons. The summed E-state index contributed by atoms with van der Waals surface area (Å²) in [5.74, 6) is -0.387. The van der Waals surface area contributed by atoms with E-state index in [0.717, 1.165) is 31.6 Å². The van der Waals surface area contributed by atoms with E-state index in [1.807, 2.05) is 0 Å². The minimum atomic E-state index is -0.623. The first kappa shape index (κ1) is 24.3. The number of ether oxygens (including phenoxy) is 2. The van der Waals surface area contributed by atoms with Gasteiger partial charge in [0.1, 0.15) is 11.3 Å². The Labute approximate surface area is 212 Å². The molecule has 1 atom stereocenters. The fourth-order valence-corrected chi connectivity index (χ4v) is 4.93. The molecule has 9 nitrogen and oxygen atoms in total. The number of carbonyl (C=O) groups excluding carboxylic acids is 2. The monoisotopic (exact) mass is 511 g/mol. The summed E-state index contributed by atoms with van der Waals surface area (Å²) >= 11 is 6.15. The molecule has 3 heterocycles. The van der Waals surface area contributed by atoms with E-state index in [9.17, 15) is 14.4 Å². The molecule has 2 aliphatic heterocycles. The van der Waals surface area contributed by atoms with Crippen LogP contribution in [0.4, 0.5) is 0 Å². The van der Waals surface area contributed by atoms with Gasteiger partial charge < -0.3 is 24.5 Å². The molecule has 5 rings (SSSR count). The summed E-state index contributed by atoms with van der Waals surface area (Å²) in [4.78, 5) is 42.2. The van der Waals surface area contributed by atoms with Gasteiger partial charge in [-0.05, 0) is 42.3 Å². The summed E-state index contributed by atoms with van der Waals surface area (Å²) in [6.45, 7) is 4.14. The second-order valence-corrected chi connectivity index (χ2v) is 9.28. The summed E-state index contributed by atoms with van der Waals surface area (Å²) < 4.78 is 16.7. The van der Waals surface area contributed by atoms with Gasteiger partial charge in [-0.1, -0.05) is 23.7 Å². The van der Waals surface area contributed by atoms with Gasteiger partial charge in [0.2, 0.25) is 5.76 Å². The molecule has 2 aliphatic rings. The third-order valence-corrected chi connectivity index (χ3v) is 6.72. The third kappa shape index (κ3) is 4.82. The fraction of sp³-hybridized carbons (Fsp3) is 0.346. The first-order chi connectivity index (χ1) is 17.4. The first-order valence-corrected chi connectivity index (χ1v) is 12.2. The number of halogens is 1. The number of hydrogen-bond acceptors (Lipinski definition) is 7. The van der Waals surface area contributed by atoms with Crippen molar-refractivity contribution in [1.29, 1.82) is 0 Å². The standard InChI is InChI=1S/C26H26ClN3O6/c27-17-4-7-20-19(14-17)24(32)22-23(16-2-5-18(6-3-16)35-15-21(28)31)30(26(33)25(22)36-20)9-1-8-29-10-12-34-13-11-29/h2-7,14,23H,1,8-13,15H2,(H2,28,31)/t23-/m0/s1. The molecule has 0 saturated carbocycles. The zero-order chi connectivity index (χ0) is 25.2. The quantitative estimate of drug-likeness (QED) is 0.494. The van der Waals surface area contributed by atoms with Gasteiger partial charge in [-0.15, -0.1) is 0 Å². The number of nitrogens with two attached hydrogens (primary N) is 1. The van der Waals surface area contributed by atoms with E-state index in [4.69, 9.17) is 31.2 Å². The Bertz CT molecular complexity index is 1350. The number of rotatable bonds is 8. The SMILES string of the molecule is NC(=O)COc1ccc([C@H]2c3c(oc4ccc(Cl)cc4c3=O)C(=O)N2CCCN2CCOCC2)cc1. The van der Waals surface area contributed by atoms with Crippen molar-refractivity contribution in [2.75, 3.05) is 46.0 Å². The van der Waals surface area contributed by atoms with E-state index >= 15 is 0 Å². The highest BCUT2D eigenvalue weighted by Crippen LogP contribution is 2.39. The minimum absolute atomic E-state index is 0.0558. The smallest absolute Gasteiger partial charge is 0.290 e. The molecular weight excluding hydrogens is 486 g/mol. The first-order valence-electron chi connectivity index (χ1n) is 11.8. The molecule has 0 spiro atoms. The Balaban J connectivity index is 1.49. The van der Waals surface area contributed by atoms with E-state index < -0.39 is 11.9 Å². The maximum Gasteiger partial charge on any atom is 0.290 e. The van der Waals surface area contributed by atoms with Crippen molar-refractivity contribution in [2.24, 2.45) is 5.73 Å². The van der Waals surface area contributed by atoms with Crippen molar-refractivity contribution in [3.63, 3.8) is 0 Å². The van der Waals surface area contributed by atoms with Crippen LogP contribution in [0.2, 0.25) is 5.02 Å². The van der Waals surface area contributed by atoms with E-state index in [0.29, 0.717) is 47.1 Å². The topological polar surface area (TPSA) is 115 Å². The molecule has 0 radical (unpaired) electrons. The lowest BCUT2D eigenvalue weighted by Crippen LogP contribution is -2.38. The molecule has 36 heavy (non-hydrogen) atoms. The summed E-state index contributed by atoms with van der Waals surface area (Å²) in [5.41, 5.74) is 6.22. The number of hydrogen-bond donors (Lipinski definition) is 1. The highest BCUT2D eigenvalue weighted by Gasteiger charge is 2.42. The van der Waals surface area contributed by atoms with Crippen molar-refractivity contribution >= 4 is 34.4 Å². The van der Waals surface area contributed by atoms with Crippen molar-refractivity contribution in [3.8, 4) is 5.75 Å². The highest BCUT2D eigenvalue weighted by atomic mass is 35.5. The molecule has 1 fully saturated rings. The number of primary amides is 1. The summed E-state index contributed by atoms with van der Waals surface area (Å²) in [5, 5.41) is 0.740. The average molecular weight is 512 g/mol. The maximum atomic E-state index is 13.6. The molecule has 0 unspecified atom stereocenters. The Morgan fingerprint density at radius 2 is 1.83 bits per heavy atom. The second-order valence-electron chi connectivity index (χ2n) is 8.85. The van der Waals surface area contributed by atoms with Crippen molar-refractivity contribution in [1.82, 2.24) is 9.80 Å². The zero-order valence-electron chi connectivity index (χ0n) is 19.6. The molecule has 0 aliphatic carbocycles. The summed E-state index contributed by atoms with van der Waals surface area (Å²) in [6.07, 6.45) is 0.732. The Morgan fingerprint density at radius 1 is 1.08 bits per heavy atom. The van der Waals surface area contributed by atoms with Crippen LogP contribution in [0.15, 0.2) is 51.7 Å². The number of benzene rings is 2. The van der Waals surface area contributed by atoms with Gasteiger partial charge >= 0.3 is 0 Å². The predicted molar refractivity (Wildman–Crippen MR) is 133 cm³/mol. The van der Waals surface area contributed by atoms with Crippen LogP contribution in [0.25, 0.3) is 11.0 Å². The van der Waals surface area contributed by atoms with Crippen molar-refractivity contribution in [2.45, 2.75) is 12.5 Å². The average Bonchev–Trinajstić information content (AvgIpc) is 3.16. The summed E-state index contributed by atoms with van der Waals surface area (Å²) in [6, 6.07) is 11.1. The lowest BCUT2D eigenvalue weighted by atomic mass is 9.98. The largest absolute Gasteiger partial charge is 0.484 e. The Hall–Kier alpha value is -3.40. The van der Waals surface area contributed by atoms with Crippen LogP contribution in [0.1, 0.15) is 34.1 Å².